The Morgan fingerprint density at radius 2 is 1.81 bits per heavy atom. The van der Waals surface area contributed by atoms with Crippen LogP contribution in [0.15, 0.2) is 12.4 Å². The number of hydrogen-bond donors (Lipinski definition) is 2. The first-order valence-corrected chi connectivity index (χ1v) is 8.94. The van der Waals surface area contributed by atoms with Crippen LogP contribution in [0.5, 0.6) is 0 Å². The molecule has 2 N–H and O–H groups in total. The highest BCUT2D eigenvalue weighted by Gasteiger charge is 2.29. The number of likely N-dealkylation sites (tertiary alicyclic amines) is 1. The molecular weight excluding hydrogens is 350 g/mol. The highest BCUT2D eigenvalue weighted by molar-refractivity contribution is 6.12. The van der Waals surface area contributed by atoms with Crippen molar-refractivity contribution in [2.45, 2.75) is 26.8 Å². The third-order valence-electron chi connectivity index (χ3n) is 4.47. The van der Waals surface area contributed by atoms with Crippen molar-refractivity contribution >= 4 is 23.4 Å². The molecule has 0 bridgehead atoms. The SMILES string of the molecule is CCNC(=O)c1c(NC(=O)c2c(C(=O)N3CCC3)cnn2C)cnn1CC. The van der Waals surface area contributed by atoms with Crippen molar-refractivity contribution in [1.82, 2.24) is 29.8 Å². The lowest BCUT2D eigenvalue weighted by Gasteiger charge is -2.30. The molecule has 0 aromatic carbocycles. The molecular formula is C17H23N7O3. The second kappa shape index (κ2) is 7.60. The molecule has 0 atom stereocenters. The van der Waals surface area contributed by atoms with Gasteiger partial charge in [-0.2, -0.15) is 10.2 Å². The number of nitrogens with one attached hydrogen (secondary N) is 2. The Morgan fingerprint density at radius 3 is 2.41 bits per heavy atom. The van der Waals surface area contributed by atoms with Crippen molar-refractivity contribution in [2.24, 2.45) is 7.05 Å². The molecule has 3 rings (SSSR count). The zero-order valence-corrected chi connectivity index (χ0v) is 15.7. The fourth-order valence-corrected chi connectivity index (χ4v) is 2.93. The van der Waals surface area contributed by atoms with E-state index in [-0.39, 0.29) is 34.5 Å². The summed E-state index contributed by atoms with van der Waals surface area (Å²) >= 11 is 0. The van der Waals surface area contributed by atoms with Gasteiger partial charge in [0.1, 0.15) is 11.4 Å². The van der Waals surface area contributed by atoms with E-state index < -0.39 is 5.91 Å². The van der Waals surface area contributed by atoms with Crippen LogP contribution in [0, 0.1) is 0 Å². The molecule has 0 spiro atoms. The maximum Gasteiger partial charge on any atom is 0.274 e. The number of amides is 3. The van der Waals surface area contributed by atoms with Crippen LogP contribution in [0.4, 0.5) is 5.69 Å². The molecule has 2 aromatic heterocycles. The first-order chi connectivity index (χ1) is 13.0. The number of aromatic nitrogens is 4. The molecule has 1 fully saturated rings. The molecule has 0 aliphatic carbocycles. The summed E-state index contributed by atoms with van der Waals surface area (Å²) in [5.74, 6) is -1.05. The summed E-state index contributed by atoms with van der Waals surface area (Å²) in [4.78, 5) is 39.4. The van der Waals surface area contributed by atoms with Crippen LogP contribution in [0.3, 0.4) is 0 Å². The van der Waals surface area contributed by atoms with Crippen LogP contribution in [0.1, 0.15) is 51.6 Å². The van der Waals surface area contributed by atoms with Crippen molar-refractivity contribution in [3.8, 4) is 0 Å². The minimum Gasteiger partial charge on any atom is -0.351 e. The average Bonchev–Trinajstić information content (AvgIpc) is 3.16. The van der Waals surface area contributed by atoms with Gasteiger partial charge in [-0.15, -0.1) is 0 Å². The van der Waals surface area contributed by atoms with Crippen molar-refractivity contribution in [3.05, 3.63) is 29.3 Å². The van der Waals surface area contributed by atoms with E-state index in [1.165, 1.54) is 21.8 Å². The molecule has 144 valence electrons. The highest BCUT2D eigenvalue weighted by atomic mass is 16.2. The van der Waals surface area contributed by atoms with Crippen LogP contribution < -0.4 is 10.6 Å². The van der Waals surface area contributed by atoms with E-state index in [4.69, 9.17) is 0 Å². The lowest BCUT2D eigenvalue weighted by molar-refractivity contribution is 0.0648. The van der Waals surface area contributed by atoms with Gasteiger partial charge in [-0.25, -0.2) is 0 Å². The lowest BCUT2D eigenvalue weighted by atomic mass is 10.1. The van der Waals surface area contributed by atoms with E-state index in [0.717, 1.165) is 6.42 Å². The van der Waals surface area contributed by atoms with Gasteiger partial charge in [0.15, 0.2) is 0 Å². The molecule has 27 heavy (non-hydrogen) atoms. The summed E-state index contributed by atoms with van der Waals surface area (Å²) in [6, 6.07) is 0. The second-order valence-electron chi connectivity index (χ2n) is 6.21. The minimum atomic E-state index is -0.514. The molecule has 1 saturated heterocycles. The number of rotatable bonds is 6. The Bertz CT molecular complexity index is 879. The maximum atomic E-state index is 12.9. The smallest absolute Gasteiger partial charge is 0.274 e. The van der Waals surface area contributed by atoms with Crippen molar-refractivity contribution in [3.63, 3.8) is 0 Å². The predicted molar refractivity (Wildman–Crippen MR) is 97.6 cm³/mol. The van der Waals surface area contributed by atoms with E-state index in [2.05, 4.69) is 20.8 Å². The van der Waals surface area contributed by atoms with E-state index in [1.54, 1.807) is 11.9 Å². The number of nitrogens with zero attached hydrogens (tertiary/aromatic N) is 5. The monoisotopic (exact) mass is 373 g/mol. The zero-order valence-electron chi connectivity index (χ0n) is 15.7. The molecule has 3 heterocycles. The van der Waals surface area contributed by atoms with E-state index in [0.29, 0.717) is 26.2 Å². The van der Waals surface area contributed by atoms with Gasteiger partial charge in [0.05, 0.1) is 23.6 Å². The van der Waals surface area contributed by atoms with E-state index in [1.807, 2.05) is 13.8 Å². The molecule has 10 nitrogen and oxygen atoms in total. The minimum absolute atomic E-state index is 0.151. The normalized spacial score (nSPS) is 13.2. The van der Waals surface area contributed by atoms with Crippen LogP contribution >= 0.6 is 0 Å². The third-order valence-corrected chi connectivity index (χ3v) is 4.47. The Balaban J connectivity index is 1.89. The average molecular weight is 373 g/mol. The van der Waals surface area contributed by atoms with Gasteiger partial charge in [0.25, 0.3) is 17.7 Å². The lowest BCUT2D eigenvalue weighted by Crippen LogP contribution is -2.42. The van der Waals surface area contributed by atoms with Gasteiger partial charge in [0, 0.05) is 33.2 Å². The number of hydrogen-bond acceptors (Lipinski definition) is 5. The van der Waals surface area contributed by atoms with Gasteiger partial charge in [-0.1, -0.05) is 0 Å². The van der Waals surface area contributed by atoms with Crippen LogP contribution in [-0.4, -0.2) is 61.8 Å². The standard InChI is InChI=1S/C17H23N7O3/c1-4-18-15(25)14-12(10-20-24(14)5-2)21-16(26)13-11(9-19-22(13)3)17(27)23-7-6-8-23/h9-10H,4-8H2,1-3H3,(H,18,25)(H,21,26). The summed E-state index contributed by atoms with van der Waals surface area (Å²) < 4.78 is 2.87. The van der Waals surface area contributed by atoms with Crippen molar-refractivity contribution in [2.75, 3.05) is 25.0 Å². The second-order valence-corrected chi connectivity index (χ2v) is 6.21. The molecule has 10 heteroatoms. The van der Waals surface area contributed by atoms with Gasteiger partial charge in [-0.05, 0) is 20.3 Å². The van der Waals surface area contributed by atoms with E-state index in [9.17, 15) is 14.4 Å². The fraction of sp³-hybridized carbons (Fsp3) is 0.471. The Hall–Kier alpha value is -3.17. The Morgan fingerprint density at radius 1 is 1.07 bits per heavy atom. The molecule has 1 aliphatic rings. The van der Waals surface area contributed by atoms with Crippen molar-refractivity contribution in [1.29, 1.82) is 0 Å². The van der Waals surface area contributed by atoms with Crippen LogP contribution in [-0.2, 0) is 13.6 Å². The summed E-state index contributed by atoms with van der Waals surface area (Å²) in [5.41, 5.74) is 0.956. The van der Waals surface area contributed by atoms with Crippen molar-refractivity contribution < 1.29 is 14.4 Å². The predicted octanol–water partition coefficient (Wildman–Crippen LogP) is 0.484. The number of aryl methyl sites for hydroxylation is 2. The summed E-state index contributed by atoms with van der Waals surface area (Å²) in [6.07, 6.45) is 3.79. The molecule has 2 aromatic rings. The number of anilines is 1. The van der Waals surface area contributed by atoms with Gasteiger partial charge in [0.2, 0.25) is 0 Å². The summed E-state index contributed by atoms with van der Waals surface area (Å²) in [5, 5.41) is 13.6. The van der Waals surface area contributed by atoms with Gasteiger partial charge >= 0.3 is 0 Å². The topological polar surface area (TPSA) is 114 Å². The van der Waals surface area contributed by atoms with Gasteiger partial charge < -0.3 is 15.5 Å². The summed E-state index contributed by atoms with van der Waals surface area (Å²) in [7, 11) is 1.60. The Kier molecular flexibility index (Phi) is 5.24. The highest BCUT2D eigenvalue weighted by Crippen LogP contribution is 2.20. The fourth-order valence-electron chi connectivity index (χ4n) is 2.93. The van der Waals surface area contributed by atoms with Crippen LogP contribution in [0.25, 0.3) is 0 Å². The van der Waals surface area contributed by atoms with E-state index >= 15 is 0 Å². The largest absolute Gasteiger partial charge is 0.351 e. The number of carbonyl (C=O) groups is 3. The molecule has 0 saturated carbocycles. The number of carbonyl (C=O) groups excluding carboxylic acids is 3. The first-order valence-electron chi connectivity index (χ1n) is 8.94. The summed E-state index contributed by atoms with van der Waals surface area (Å²) in [6.45, 7) is 5.96. The molecule has 0 unspecified atom stereocenters. The molecule has 3 amide bonds. The quantitative estimate of drug-likeness (QED) is 0.765. The third kappa shape index (κ3) is 3.42. The molecule has 0 radical (unpaired) electrons. The maximum absolute atomic E-state index is 12.9. The zero-order chi connectivity index (χ0) is 19.6. The van der Waals surface area contributed by atoms with Crippen LogP contribution in [0.2, 0.25) is 0 Å². The Labute approximate surface area is 156 Å². The molecule has 1 aliphatic heterocycles. The first kappa shape index (κ1) is 18.6. The van der Waals surface area contributed by atoms with Gasteiger partial charge in [-0.3, -0.25) is 23.7 Å².